The smallest absolute Gasteiger partial charge is 0.0662 e. The second-order valence-electron chi connectivity index (χ2n) is 7.65. The van der Waals surface area contributed by atoms with Crippen LogP contribution in [0.25, 0.3) is 16.7 Å². The van der Waals surface area contributed by atoms with Gasteiger partial charge in [0.1, 0.15) is 0 Å². The maximum Gasteiger partial charge on any atom is 0.0662 e. The van der Waals surface area contributed by atoms with Crippen LogP contribution in [0.2, 0.25) is 18.1 Å². The van der Waals surface area contributed by atoms with E-state index in [1.807, 2.05) is 0 Å². The van der Waals surface area contributed by atoms with Crippen molar-refractivity contribution in [2.45, 2.75) is 43.4 Å². The third-order valence-corrected chi connectivity index (χ3v) is 12.6. The van der Waals surface area contributed by atoms with Gasteiger partial charge in [-0.25, -0.2) is 0 Å². The summed E-state index contributed by atoms with van der Waals surface area (Å²) >= 11 is 0. The molecule has 1 fully saturated rings. The largest absolute Gasteiger partial charge is 0.0801 e. The normalized spacial score (nSPS) is 22.7. The van der Waals surface area contributed by atoms with E-state index in [-0.39, 0.29) is 0 Å². The minimum atomic E-state index is -1.22. The highest BCUT2D eigenvalue weighted by molar-refractivity contribution is 6.84. The number of benzene rings is 2. The van der Waals surface area contributed by atoms with E-state index in [2.05, 4.69) is 67.6 Å². The highest BCUT2D eigenvalue weighted by Crippen LogP contribution is 2.57. The van der Waals surface area contributed by atoms with E-state index in [0.29, 0.717) is 5.54 Å². The van der Waals surface area contributed by atoms with Gasteiger partial charge in [-0.1, -0.05) is 92.2 Å². The summed E-state index contributed by atoms with van der Waals surface area (Å²) in [7, 11) is -1.22. The van der Waals surface area contributed by atoms with Crippen LogP contribution < -0.4 is 0 Å². The summed E-state index contributed by atoms with van der Waals surface area (Å²) in [4.78, 5) is 0. The summed E-state index contributed by atoms with van der Waals surface area (Å²) in [6.45, 7) is 2.46. The van der Waals surface area contributed by atoms with E-state index in [4.69, 9.17) is 0 Å². The van der Waals surface area contributed by atoms with Gasteiger partial charge >= 0.3 is 0 Å². The minimum Gasteiger partial charge on any atom is -0.0801 e. The Morgan fingerprint density at radius 2 is 1.75 bits per heavy atom. The molecule has 1 saturated heterocycles. The van der Waals surface area contributed by atoms with Gasteiger partial charge in [-0.3, -0.25) is 0 Å². The summed E-state index contributed by atoms with van der Waals surface area (Å²) < 4.78 is 0. The fourth-order valence-electron chi connectivity index (χ4n) is 5.28. The Bertz CT molecular complexity index is 862. The number of fused-ring (bicyclic) bond motifs is 3. The molecule has 0 radical (unpaired) electrons. The Morgan fingerprint density at radius 1 is 0.958 bits per heavy atom. The molecule has 2 aliphatic carbocycles. The van der Waals surface area contributed by atoms with Gasteiger partial charge in [0.15, 0.2) is 0 Å². The molecule has 0 spiro atoms. The highest BCUT2D eigenvalue weighted by Gasteiger charge is 2.50. The van der Waals surface area contributed by atoms with Gasteiger partial charge in [-0.2, -0.15) is 0 Å². The predicted octanol–water partition coefficient (Wildman–Crippen LogP) is 6.55. The van der Waals surface area contributed by atoms with Crippen LogP contribution in [0.3, 0.4) is 0 Å². The van der Waals surface area contributed by atoms with Gasteiger partial charge in [0.2, 0.25) is 0 Å². The molecule has 24 heavy (non-hydrogen) atoms. The van der Waals surface area contributed by atoms with Crippen molar-refractivity contribution < 1.29 is 0 Å². The van der Waals surface area contributed by atoms with Gasteiger partial charge in [0, 0.05) is 5.54 Å². The Labute approximate surface area is 145 Å². The van der Waals surface area contributed by atoms with Crippen LogP contribution in [0.5, 0.6) is 0 Å². The zero-order valence-electron chi connectivity index (χ0n) is 14.4. The van der Waals surface area contributed by atoms with Gasteiger partial charge in [-0.15, -0.1) is 0 Å². The van der Waals surface area contributed by atoms with E-state index in [1.54, 1.807) is 11.1 Å². The molecule has 0 bridgehead atoms. The van der Waals surface area contributed by atoms with Crippen molar-refractivity contribution in [2.24, 2.45) is 0 Å². The van der Waals surface area contributed by atoms with Gasteiger partial charge in [-0.05, 0) is 39.8 Å². The summed E-state index contributed by atoms with van der Waals surface area (Å²) in [5.41, 5.74) is 10.0. The highest BCUT2D eigenvalue weighted by atomic mass is 28.3. The van der Waals surface area contributed by atoms with Crippen LogP contribution in [0.15, 0.2) is 60.7 Å². The Morgan fingerprint density at radius 3 is 2.46 bits per heavy atom. The lowest BCUT2D eigenvalue weighted by Crippen LogP contribution is -2.47. The third-order valence-electron chi connectivity index (χ3n) is 6.70. The summed E-state index contributed by atoms with van der Waals surface area (Å²) in [5, 5.41) is 0. The van der Waals surface area contributed by atoms with Crippen LogP contribution in [0.4, 0.5) is 0 Å². The summed E-state index contributed by atoms with van der Waals surface area (Å²) in [6.07, 6.45) is 9.57. The van der Waals surface area contributed by atoms with Crippen LogP contribution in [0.1, 0.15) is 42.0 Å². The lowest BCUT2D eigenvalue weighted by molar-refractivity contribution is 0.826. The Hall–Kier alpha value is -1.86. The van der Waals surface area contributed by atoms with Crippen molar-refractivity contribution in [3.05, 3.63) is 77.4 Å². The first-order valence-electron chi connectivity index (χ1n) is 9.43. The topological polar surface area (TPSA) is 0 Å². The van der Waals surface area contributed by atoms with E-state index >= 15 is 0 Å². The standard InChI is InChI=1S/C23H24Si/c1-2-24(15-8-16-24)23-21-12-6-5-11-19(21)20-14-7-13-18(22(20)23)17-9-3-4-10-17/h3,5-7,9-14,23H,2,4,8,15-16H2,1H3. The second kappa shape index (κ2) is 5.32. The van der Waals surface area contributed by atoms with Crippen LogP contribution in [-0.4, -0.2) is 8.07 Å². The van der Waals surface area contributed by atoms with Crippen molar-refractivity contribution in [2.75, 3.05) is 0 Å². The zero-order valence-corrected chi connectivity index (χ0v) is 15.4. The molecule has 0 nitrogen and oxygen atoms in total. The van der Waals surface area contributed by atoms with Crippen molar-refractivity contribution in [1.29, 1.82) is 0 Å². The fourth-order valence-corrected chi connectivity index (χ4v) is 10.1. The minimum absolute atomic E-state index is 0.716. The molecule has 2 aromatic carbocycles. The molecule has 2 aromatic rings. The molecular formula is C23H24Si. The van der Waals surface area contributed by atoms with Crippen molar-refractivity contribution in [1.82, 2.24) is 0 Å². The molecule has 0 amide bonds. The molecule has 120 valence electrons. The zero-order chi connectivity index (χ0) is 16.1. The quantitative estimate of drug-likeness (QED) is 0.560. The number of hydrogen-bond acceptors (Lipinski definition) is 0. The van der Waals surface area contributed by atoms with E-state index in [1.165, 1.54) is 46.8 Å². The molecule has 1 unspecified atom stereocenters. The van der Waals surface area contributed by atoms with E-state index in [0.717, 1.165) is 6.42 Å². The lowest BCUT2D eigenvalue weighted by atomic mass is 9.96. The van der Waals surface area contributed by atoms with Gasteiger partial charge in [0.25, 0.3) is 0 Å². The second-order valence-corrected chi connectivity index (χ2v) is 12.7. The van der Waals surface area contributed by atoms with Gasteiger partial charge < -0.3 is 0 Å². The van der Waals surface area contributed by atoms with Crippen molar-refractivity contribution in [3.8, 4) is 11.1 Å². The third kappa shape index (κ3) is 1.85. The lowest BCUT2D eigenvalue weighted by Gasteiger charge is -2.45. The number of allylic oxidation sites excluding steroid dienone is 4. The first kappa shape index (κ1) is 14.5. The average Bonchev–Trinajstić information content (AvgIpc) is 3.22. The predicted molar refractivity (Wildman–Crippen MR) is 106 cm³/mol. The average molecular weight is 329 g/mol. The molecule has 1 aliphatic heterocycles. The number of hydrogen-bond donors (Lipinski definition) is 0. The summed E-state index contributed by atoms with van der Waals surface area (Å²) in [6, 6.07) is 20.7. The van der Waals surface area contributed by atoms with Crippen molar-refractivity contribution >= 4 is 13.6 Å². The monoisotopic (exact) mass is 328 g/mol. The molecule has 1 atom stereocenters. The molecule has 0 saturated carbocycles. The molecule has 0 N–H and O–H groups in total. The molecule has 1 heterocycles. The van der Waals surface area contributed by atoms with Crippen LogP contribution >= 0.6 is 0 Å². The molecule has 0 aromatic heterocycles. The van der Waals surface area contributed by atoms with E-state index in [9.17, 15) is 0 Å². The fraction of sp³-hybridized carbons (Fsp3) is 0.304. The van der Waals surface area contributed by atoms with Crippen LogP contribution in [-0.2, 0) is 0 Å². The summed E-state index contributed by atoms with van der Waals surface area (Å²) in [5.74, 6) is 0. The molecular weight excluding hydrogens is 304 g/mol. The van der Waals surface area contributed by atoms with Crippen LogP contribution in [0, 0.1) is 0 Å². The first-order valence-corrected chi connectivity index (χ1v) is 12.1. The molecule has 3 aliphatic rings. The maximum absolute atomic E-state index is 2.46. The Balaban J connectivity index is 1.79. The number of rotatable bonds is 3. The first-order chi connectivity index (χ1) is 11.8. The SMILES string of the molecule is CC[Si]1(C2c3ccccc3-c3cccc(C4=CCC=C4)c32)CCC1. The van der Waals surface area contributed by atoms with Gasteiger partial charge in [0.05, 0.1) is 8.07 Å². The maximum atomic E-state index is 2.46. The van der Waals surface area contributed by atoms with Crippen molar-refractivity contribution in [3.63, 3.8) is 0 Å². The molecule has 1 heteroatoms. The van der Waals surface area contributed by atoms with E-state index < -0.39 is 8.07 Å². The molecule has 5 rings (SSSR count). The Kier molecular flexibility index (Phi) is 3.21.